The number of ether oxygens (including phenoxy) is 1. The molecule has 1 aliphatic rings. The minimum Gasteiger partial charge on any atom is -0.477 e. The number of aromatic nitrogens is 2. The number of carbonyl (C=O) groups excluding carboxylic acids is 1. The molecule has 1 saturated heterocycles. The van der Waals surface area contributed by atoms with E-state index in [9.17, 15) is 9.18 Å². The summed E-state index contributed by atoms with van der Waals surface area (Å²) in [6.07, 6.45) is -0.421. The van der Waals surface area contributed by atoms with Gasteiger partial charge in [0.25, 0.3) is 0 Å². The lowest BCUT2D eigenvalue weighted by atomic mass is 10.0. The monoisotopic (exact) mass is 453 g/mol. The molecule has 9 heteroatoms. The number of carbonyl (C=O) groups is 1. The number of anilines is 1. The largest absolute Gasteiger partial charge is 0.477 e. The highest BCUT2D eigenvalue weighted by molar-refractivity contribution is 5.90. The fraction of sp³-hybridized carbons (Fsp3) is 0.333. The highest BCUT2D eigenvalue weighted by atomic mass is 19.1. The molecule has 0 saturated carbocycles. The third-order valence-corrected chi connectivity index (χ3v) is 5.49. The van der Waals surface area contributed by atoms with Crippen LogP contribution in [0.3, 0.4) is 0 Å². The van der Waals surface area contributed by atoms with Crippen LogP contribution in [-0.4, -0.2) is 46.6 Å². The molecule has 0 bridgehead atoms. The molecule has 1 aliphatic heterocycles. The van der Waals surface area contributed by atoms with E-state index >= 15 is 0 Å². The Kier molecular flexibility index (Phi) is 6.90. The molecule has 0 radical (unpaired) electrons. The fourth-order valence-corrected chi connectivity index (χ4v) is 3.83. The number of rotatable bonds is 7. The number of halogens is 1. The Morgan fingerprint density at radius 1 is 1.18 bits per heavy atom. The van der Waals surface area contributed by atoms with E-state index in [1.807, 2.05) is 51.1 Å². The first-order chi connectivity index (χ1) is 16.0. The van der Waals surface area contributed by atoms with Crippen molar-refractivity contribution in [1.29, 1.82) is 0 Å². The standard InChI is InChI=1S/C24H28FN5O3/c1-4-29-15-20(21(33-29)17-11-13-18(25)14-12-17)26-24(31)27-22-16(3)23(32-5-2)28-30(22)19-9-7-6-8-10-19/h6-14,20-21H,4-5,15H2,1-3H3,(H2,26,27,31)/t20-,21+/m1/s1. The van der Waals surface area contributed by atoms with Crippen molar-refractivity contribution >= 4 is 11.8 Å². The Balaban J connectivity index is 1.56. The maximum Gasteiger partial charge on any atom is 0.320 e. The highest BCUT2D eigenvalue weighted by Crippen LogP contribution is 2.31. The van der Waals surface area contributed by atoms with E-state index in [0.717, 1.165) is 16.8 Å². The Bertz CT molecular complexity index is 1090. The summed E-state index contributed by atoms with van der Waals surface area (Å²) in [6.45, 7) is 7.34. The summed E-state index contributed by atoms with van der Waals surface area (Å²) in [5.41, 5.74) is 2.32. The molecule has 4 rings (SSSR count). The van der Waals surface area contributed by atoms with Gasteiger partial charge in [-0.15, -0.1) is 5.10 Å². The predicted octanol–water partition coefficient (Wildman–Crippen LogP) is 4.22. The predicted molar refractivity (Wildman–Crippen MR) is 123 cm³/mol. The normalized spacial score (nSPS) is 18.3. The molecule has 2 N–H and O–H groups in total. The van der Waals surface area contributed by atoms with E-state index in [4.69, 9.17) is 9.57 Å². The number of benzene rings is 2. The Morgan fingerprint density at radius 2 is 1.91 bits per heavy atom. The van der Waals surface area contributed by atoms with Gasteiger partial charge in [-0.1, -0.05) is 37.3 Å². The zero-order chi connectivity index (χ0) is 23.4. The first-order valence-corrected chi connectivity index (χ1v) is 11.0. The maximum absolute atomic E-state index is 13.4. The summed E-state index contributed by atoms with van der Waals surface area (Å²) in [6, 6.07) is 14.9. The summed E-state index contributed by atoms with van der Waals surface area (Å²) >= 11 is 0. The van der Waals surface area contributed by atoms with Gasteiger partial charge in [0.15, 0.2) is 0 Å². The second kappa shape index (κ2) is 10.0. The number of urea groups is 1. The third-order valence-electron chi connectivity index (χ3n) is 5.49. The highest BCUT2D eigenvalue weighted by Gasteiger charge is 2.36. The first-order valence-electron chi connectivity index (χ1n) is 11.0. The van der Waals surface area contributed by atoms with Gasteiger partial charge in [0, 0.05) is 13.1 Å². The Hall–Kier alpha value is -3.43. The van der Waals surface area contributed by atoms with Gasteiger partial charge < -0.3 is 10.1 Å². The maximum atomic E-state index is 13.4. The van der Waals surface area contributed by atoms with Crippen LogP contribution in [0.1, 0.15) is 31.1 Å². The molecule has 3 aromatic rings. The molecule has 2 amide bonds. The molecule has 0 unspecified atom stereocenters. The third kappa shape index (κ3) is 4.99. The van der Waals surface area contributed by atoms with Crippen LogP contribution in [0, 0.1) is 12.7 Å². The molecular weight excluding hydrogens is 425 g/mol. The second-order valence-electron chi connectivity index (χ2n) is 7.72. The van der Waals surface area contributed by atoms with Crippen LogP contribution in [-0.2, 0) is 4.84 Å². The van der Waals surface area contributed by atoms with E-state index in [1.165, 1.54) is 12.1 Å². The molecule has 1 aromatic heterocycles. The van der Waals surface area contributed by atoms with Crippen LogP contribution >= 0.6 is 0 Å². The average molecular weight is 454 g/mol. The van der Waals surface area contributed by atoms with Crippen molar-refractivity contribution in [2.45, 2.75) is 32.9 Å². The van der Waals surface area contributed by atoms with Gasteiger partial charge in [0.2, 0.25) is 5.88 Å². The van der Waals surface area contributed by atoms with Crippen LogP contribution in [0.4, 0.5) is 15.0 Å². The van der Waals surface area contributed by atoms with Crippen molar-refractivity contribution in [2.75, 3.05) is 25.0 Å². The van der Waals surface area contributed by atoms with E-state index in [1.54, 1.807) is 21.9 Å². The number of hydrogen-bond donors (Lipinski definition) is 2. The molecule has 1 fully saturated rings. The molecular formula is C24H28FN5O3. The van der Waals surface area contributed by atoms with Crippen molar-refractivity contribution < 1.29 is 18.8 Å². The van der Waals surface area contributed by atoms with Gasteiger partial charge in [-0.25, -0.2) is 13.9 Å². The van der Waals surface area contributed by atoms with Crippen LogP contribution in [0.15, 0.2) is 54.6 Å². The van der Waals surface area contributed by atoms with Crippen LogP contribution < -0.4 is 15.4 Å². The van der Waals surface area contributed by atoms with E-state index in [2.05, 4.69) is 15.7 Å². The number of nitrogens with one attached hydrogen (secondary N) is 2. The van der Waals surface area contributed by atoms with Gasteiger partial charge in [-0.2, -0.15) is 5.06 Å². The lowest BCUT2D eigenvalue weighted by molar-refractivity contribution is -0.144. The number of para-hydroxylation sites is 1. The molecule has 2 heterocycles. The molecule has 0 aliphatic carbocycles. The van der Waals surface area contributed by atoms with Gasteiger partial charge in [0.1, 0.15) is 17.7 Å². The molecule has 174 valence electrons. The molecule has 2 aromatic carbocycles. The smallest absolute Gasteiger partial charge is 0.320 e. The van der Waals surface area contributed by atoms with Crippen molar-refractivity contribution in [1.82, 2.24) is 20.2 Å². The minimum atomic E-state index is -0.421. The van der Waals surface area contributed by atoms with Gasteiger partial charge in [-0.3, -0.25) is 10.2 Å². The summed E-state index contributed by atoms with van der Waals surface area (Å²) in [4.78, 5) is 19.0. The number of likely N-dealkylation sites (N-methyl/N-ethyl adjacent to an activating group) is 1. The quantitative estimate of drug-likeness (QED) is 0.560. The van der Waals surface area contributed by atoms with Crippen molar-refractivity contribution in [3.05, 3.63) is 71.5 Å². The van der Waals surface area contributed by atoms with E-state index in [0.29, 0.717) is 31.4 Å². The van der Waals surface area contributed by atoms with Crippen molar-refractivity contribution in [3.8, 4) is 11.6 Å². The summed E-state index contributed by atoms with van der Waals surface area (Å²) < 4.78 is 20.7. The Labute approximate surface area is 192 Å². The van der Waals surface area contributed by atoms with Crippen LogP contribution in [0.2, 0.25) is 0 Å². The first kappa shape index (κ1) is 22.8. The van der Waals surface area contributed by atoms with Crippen molar-refractivity contribution in [2.24, 2.45) is 0 Å². The molecule has 2 atom stereocenters. The summed E-state index contributed by atoms with van der Waals surface area (Å²) in [5, 5.41) is 12.3. The van der Waals surface area contributed by atoms with E-state index < -0.39 is 12.1 Å². The van der Waals surface area contributed by atoms with Gasteiger partial charge >= 0.3 is 6.03 Å². The number of hydrogen-bond acceptors (Lipinski definition) is 5. The number of nitrogens with zero attached hydrogens (tertiary/aromatic N) is 3. The molecule has 0 spiro atoms. The Morgan fingerprint density at radius 3 is 2.58 bits per heavy atom. The van der Waals surface area contributed by atoms with E-state index in [-0.39, 0.29) is 11.9 Å². The lowest BCUT2D eigenvalue weighted by Crippen LogP contribution is -2.42. The molecule has 33 heavy (non-hydrogen) atoms. The fourth-order valence-electron chi connectivity index (χ4n) is 3.83. The summed E-state index contributed by atoms with van der Waals surface area (Å²) in [7, 11) is 0. The summed E-state index contributed by atoms with van der Waals surface area (Å²) in [5.74, 6) is 0.662. The van der Waals surface area contributed by atoms with Crippen molar-refractivity contribution in [3.63, 3.8) is 0 Å². The zero-order valence-corrected chi connectivity index (χ0v) is 18.9. The second-order valence-corrected chi connectivity index (χ2v) is 7.72. The minimum absolute atomic E-state index is 0.318. The molecule has 8 nitrogen and oxygen atoms in total. The lowest BCUT2D eigenvalue weighted by Gasteiger charge is -2.19. The average Bonchev–Trinajstić information content (AvgIpc) is 3.36. The van der Waals surface area contributed by atoms with Crippen LogP contribution in [0.25, 0.3) is 5.69 Å². The van der Waals surface area contributed by atoms with Crippen LogP contribution in [0.5, 0.6) is 5.88 Å². The number of amides is 2. The van der Waals surface area contributed by atoms with Gasteiger partial charge in [-0.05, 0) is 43.7 Å². The number of hydroxylamine groups is 2. The SMILES string of the molecule is CCOc1nn(-c2ccccc2)c(NC(=O)N[C@@H]2CN(CC)O[C@H]2c2ccc(F)cc2)c1C. The zero-order valence-electron chi connectivity index (χ0n) is 18.9. The van der Waals surface area contributed by atoms with Gasteiger partial charge in [0.05, 0.1) is 23.9 Å². The topological polar surface area (TPSA) is 80.6 Å².